The summed E-state index contributed by atoms with van der Waals surface area (Å²) in [5.41, 5.74) is 12.7. The van der Waals surface area contributed by atoms with Crippen LogP contribution in [0.25, 0.3) is 10.8 Å². The van der Waals surface area contributed by atoms with Crippen LogP contribution in [0.15, 0.2) is 30.3 Å². The summed E-state index contributed by atoms with van der Waals surface area (Å²) in [6.07, 6.45) is 0. The number of benzene rings is 2. The van der Waals surface area contributed by atoms with Crippen LogP contribution < -0.4 is 11.5 Å². The van der Waals surface area contributed by atoms with Crippen LogP contribution in [-0.4, -0.2) is 0 Å². The maximum atomic E-state index is 5.84. The molecule has 2 aromatic rings. The van der Waals surface area contributed by atoms with Gasteiger partial charge in [0.05, 0.1) is 11.4 Å². The van der Waals surface area contributed by atoms with Crippen LogP contribution in [0.4, 0.5) is 11.4 Å². The van der Waals surface area contributed by atoms with Crippen molar-refractivity contribution >= 4 is 33.7 Å². The number of nitrogens with two attached hydrogens (primary N) is 2. The first-order chi connectivity index (χ1) is 6.18. The third-order valence-electron chi connectivity index (χ3n) is 2.06. The summed E-state index contributed by atoms with van der Waals surface area (Å²) in [5, 5.41) is 2.67. The predicted octanol–water partition coefficient (Wildman–Crippen LogP) is 2.66. The van der Waals surface area contributed by atoms with Gasteiger partial charge in [-0.25, -0.2) is 0 Å². The Balaban J connectivity index is 2.87. The fourth-order valence-electron chi connectivity index (χ4n) is 1.34. The van der Waals surface area contributed by atoms with Crippen LogP contribution in [0.3, 0.4) is 0 Å². The Hall–Kier alpha value is -1.41. The first-order valence-electron chi connectivity index (χ1n) is 3.92. The Morgan fingerprint density at radius 1 is 1.00 bits per heavy atom. The van der Waals surface area contributed by atoms with E-state index in [9.17, 15) is 0 Å². The fourth-order valence-corrected chi connectivity index (χ4v) is 1.52. The lowest BCUT2D eigenvalue weighted by Crippen LogP contribution is -1.94. The molecule has 0 fully saturated rings. The summed E-state index contributed by atoms with van der Waals surface area (Å²) >= 11 is 5.84. The van der Waals surface area contributed by atoms with Crippen molar-refractivity contribution in [2.75, 3.05) is 11.5 Å². The van der Waals surface area contributed by atoms with Gasteiger partial charge >= 0.3 is 0 Å². The van der Waals surface area contributed by atoms with Crippen molar-refractivity contribution in [3.05, 3.63) is 35.4 Å². The summed E-state index contributed by atoms with van der Waals surface area (Å²) < 4.78 is 0. The molecule has 0 saturated carbocycles. The van der Waals surface area contributed by atoms with E-state index in [0.717, 1.165) is 10.8 Å². The van der Waals surface area contributed by atoms with E-state index in [1.54, 1.807) is 12.1 Å². The van der Waals surface area contributed by atoms with Gasteiger partial charge in [0.2, 0.25) is 0 Å². The van der Waals surface area contributed by atoms with Gasteiger partial charge < -0.3 is 11.5 Å². The summed E-state index contributed by atoms with van der Waals surface area (Å²) in [5.74, 6) is 0. The standard InChI is InChI=1S/C10H9ClN2/c11-7-2-3-8-6(5-7)1-4-9(12)10(8)13/h1-5H,12-13H2. The van der Waals surface area contributed by atoms with E-state index < -0.39 is 0 Å². The number of fused-ring (bicyclic) bond motifs is 1. The number of hydrogen-bond acceptors (Lipinski definition) is 2. The van der Waals surface area contributed by atoms with Crippen LogP contribution in [0, 0.1) is 0 Å². The summed E-state index contributed by atoms with van der Waals surface area (Å²) in [7, 11) is 0. The number of halogens is 1. The second-order valence-corrected chi connectivity index (χ2v) is 3.37. The molecule has 2 aromatic carbocycles. The Morgan fingerprint density at radius 3 is 2.54 bits per heavy atom. The molecular formula is C10H9ClN2. The zero-order chi connectivity index (χ0) is 9.42. The SMILES string of the molecule is Nc1ccc2cc(Cl)ccc2c1N. The molecule has 0 saturated heterocycles. The molecule has 0 spiro atoms. The Morgan fingerprint density at radius 2 is 1.77 bits per heavy atom. The zero-order valence-corrected chi connectivity index (χ0v) is 7.68. The molecule has 0 aliphatic rings. The average molecular weight is 193 g/mol. The van der Waals surface area contributed by atoms with Gasteiger partial charge in [0.25, 0.3) is 0 Å². The highest BCUT2D eigenvalue weighted by Crippen LogP contribution is 2.28. The van der Waals surface area contributed by atoms with Gasteiger partial charge in [0.15, 0.2) is 0 Å². The highest BCUT2D eigenvalue weighted by Gasteiger charge is 2.01. The van der Waals surface area contributed by atoms with E-state index in [2.05, 4.69) is 0 Å². The van der Waals surface area contributed by atoms with Gasteiger partial charge in [0.1, 0.15) is 0 Å². The highest BCUT2D eigenvalue weighted by molar-refractivity contribution is 6.31. The number of rotatable bonds is 0. The molecule has 2 nitrogen and oxygen atoms in total. The molecule has 13 heavy (non-hydrogen) atoms. The molecule has 0 unspecified atom stereocenters. The fraction of sp³-hybridized carbons (Fsp3) is 0. The molecule has 3 heteroatoms. The Kier molecular flexibility index (Phi) is 1.78. The molecule has 2 rings (SSSR count). The minimum Gasteiger partial charge on any atom is -0.397 e. The predicted molar refractivity (Wildman–Crippen MR) is 57.8 cm³/mol. The lowest BCUT2D eigenvalue weighted by Gasteiger charge is -2.04. The van der Waals surface area contributed by atoms with Crippen molar-refractivity contribution in [2.45, 2.75) is 0 Å². The molecule has 0 radical (unpaired) electrons. The lowest BCUT2D eigenvalue weighted by molar-refractivity contribution is 1.70. The van der Waals surface area contributed by atoms with Crippen molar-refractivity contribution in [3.8, 4) is 0 Å². The van der Waals surface area contributed by atoms with Gasteiger partial charge in [-0.1, -0.05) is 23.7 Å². The van der Waals surface area contributed by atoms with Crippen LogP contribution in [0.1, 0.15) is 0 Å². The van der Waals surface area contributed by atoms with E-state index in [-0.39, 0.29) is 0 Å². The maximum Gasteiger partial charge on any atom is 0.0627 e. The summed E-state index contributed by atoms with van der Waals surface area (Å²) in [6, 6.07) is 9.25. The van der Waals surface area contributed by atoms with E-state index >= 15 is 0 Å². The second kappa shape index (κ2) is 2.82. The molecule has 0 bridgehead atoms. The summed E-state index contributed by atoms with van der Waals surface area (Å²) in [4.78, 5) is 0. The molecule has 0 amide bonds. The van der Waals surface area contributed by atoms with Crippen molar-refractivity contribution in [1.29, 1.82) is 0 Å². The largest absolute Gasteiger partial charge is 0.397 e. The van der Waals surface area contributed by atoms with Crippen molar-refractivity contribution in [2.24, 2.45) is 0 Å². The van der Waals surface area contributed by atoms with Crippen LogP contribution >= 0.6 is 11.6 Å². The molecule has 0 aromatic heterocycles. The van der Waals surface area contributed by atoms with Gasteiger partial charge in [0, 0.05) is 10.4 Å². The molecule has 4 N–H and O–H groups in total. The van der Waals surface area contributed by atoms with Gasteiger partial charge in [-0.15, -0.1) is 0 Å². The lowest BCUT2D eigenvalue weighted by atomic mass is 10.1. The van der Waals surface area contributed by atoms with E-state index in [4.69, 9.17) is 23.1 Å². The van der Waals surface area contributed by atoms with Gasteiger partial charge in [-0.2, -0.15) is 0 Å². The van der Waals surface area contributed by atoms with Crippen LogP contribution in [0.2, 0.25) is 5.02 Å². The number of hydrogen-bond donors (Lipinski definition) is 2. The van der Waals surface area contributed by atoms with Crippen LogP contribution in [-0.2, 0) is 0 Å². The third-order valence-corrected chi connectivity index (χ3v) is 2.29. The number of anilines is 2. The summed E-state index contributed by atoms with van der Waals surface area (Å²) in [6.45, 7) is 0. The molecule has 66 valence electrons. The van der Waals surface area contributed by atoms with Crippen molar-refractivity contribution < 1.29 is 0 Å². The molecule has 0 aliphatic carbocycles. The smallest absolute Gasteiger partial charge is 0.0627 e. The normalized spacial score (nSPS) is 10.5. The van der Waals surface area contributed by atoms with Gasteiger partial charge in [-0.05, 0) is 23.6 Å². The minimum absolute atomic E-state index is 0.606. The van der Waals surface area contributed by atoms with Gasteiger partial charge in [-0.3, -0.25) is 0 Å². The third kappa shape index (κ3) is 1.29. The Labute approximate surface area is 81.1 Å². The van der Waals surface area contributed by atoms with E-state index in [0.29, 0.717) is 16.4 Å². The molecule has 0 atom stereocenters. The maximum absolute atomic E-state index is 5.84. The quantitative estimate of drug-likeness (QED) is 0.631. The average Bonchev–Trinajstić information content (AvgIpc) is 2.12. The first kappa shape index (κ1) is 8.20. The Bertz CT molecular complexity index is 466. The minimum atomic E-state index is 0.606. The molecule has 0 aliphatic heterocycles. The number of nitrogen functional groups attached to an aromatic ring is 2. The monoisotopic (exact) mass is 192 g/mol. The second-order valence-electron chi connectivity index (χ2n) is 2.93. The topological polar surface area (TPSA) is 52.0 Å². The zero-order valence-electron chi connectivity index (χ0n) is 6.92. The first-order valence-corrected chi connectivity index (χ1v) is 4.29. The molecule has 0 heterocycles. The van der Waals surface area contributed by atoms with Crippen LogP contribution in [0.5, 0.6) is 0 Å². The van der Waals surface area contributed by atoms with Crippen molar-refractivity contribution in [1.82, 2.24) is 0 Å². The highest BCUT2D eigenvalue weighted by atomic mass is 35.5. The van der Waals surface area contributed by atoms with E-state index in [1.807, 2.05) is 18.2 Å². The van der Waals surface area contributed by atoms with Crippen molar-refractivity contribution in [3.63, 3.8) is 0 Å². The molecular weight excluding hydrogens is 184 g/mol. The van der Waals surface area contributed by atoms with E-state index in [1.165, 1.54) is 0 Å².